The fraction of sp³-hybridized carbons (Fsp3) is 0.306. The highest BCUT2D eigenvalue weighted by atomic mass is 35.5. The van der Waals surface area contributed by atoms with Crippen molar-refractivity contribution >= 4 is 72.7 Å². The summed E-state index contributed by atoms with van der Waals surface area (Å²) in [5, 5.41) is 16.7. The van der Waals surface area contributed by atoms with Crippen LogP contribution < -0.4 is 25.2 Å². The molecule has 2 aliphatic heterocycles. The van der Waals surface area contributed by atoms with Gasteiger partial charge in [0.1, 0.15) is 12.2 Å². The van der Waals surface area contributed by atoms with Gasteiger partial charge in [0.05, 0.1) is 16.7 Å². The summed E-state index contributed by atoms with van der Waals surface area (Å²) in [5.74, 6) is -0.247. The summed E-state index contributed by atoms with van der Waals surface area (Å²) in [6.07, 6.45) is 3.85. The lowest BCUT2D eigenvalue weighted by Crippen LogP contribution is -2.46. The zero-order valence-corrected chi connectivity index (χ0v) is 40.4. The molecule has 2 saturated heterocycles. The number of hydrogen-bond acceptors (Lipinski definition) is 12. The molecule has 1 atom stereocenters. The van der Waals surface area contributed by atoms with E-state index in [4.69, 9.17) is 11.6 Å². The maximum atomic E-state index is 13.7. The summed E-state index contributed by atoms with van der Waals surface area (Å²) in [6, 6.07) is 38.1. The van der Waals surface area contributed by atoms with Crippen molar-refractivity contribution in [2.45, 2.75) is 48.1 Å². The van der Waals surface area contributed by atoms with Gasteiger partial charge in [-0.05, 0) is 123 Å². The summed E-state index contributed by atoms with van der Waals surface area (Å²) >= 11 is 7.96. The van der Waals surface area contributed by atoms with Crippen LogP contribution >= 0.6 is 23.4 Å². The van der Waals surface area contributed by atoms with Crippen LogP contribution in [-0.4, -0.2) is 112 Å². The third kappa shape index (κ3) is 12.5. The molecule has 352 valence electrons. The molecule has 2 fully saturated rings. The Morgan fingerprint density at radius 1 is 0.836 bits per heavy atom. The zero-order chi connectivity index (χ0) is 46.9. The minimum atomic E-state index is -3.87. The summed E-state index contributed by atoms with van der Waals surface area (Å²) in [7, 11) is -6.69. The van der Waals surface area contributed by atoms with E-state index in [-0.39, 0.29) is 22.7 Å². The molecule has 0 spiro atoms. The lowest BCUT2D eigenvalue weighted by Gasteiger charge is -2.37. The first-order valence-electron chi connectivity index (χ1n) is 22.3. The van der Waals surface area contributed by atoms with Gasteiger partial charge >= 0.3 is 0 Å². The third-order valence-corrected chi connectivity index (χ3v) is 15.3. The van der Waals surface area contributed by atoms with Crippen LogP contribution in [0.3, 0.4) is 0 Å². The number of aryl methyl sites for hydroxylation is 1. The fourth-order valence-electron chi connectivity index (χ4n) is 8.41. The van der Waals surface area contributed by atoms with Crippen LogP contribution in [0, 0.1) is 6.92 Å². The number of halogens is 1. The van der Waals surface area contributed by atoms with Gasteiger partial charge in [-0.25, -0.2) is 21.8 Å². The van der Waals surface area contributed by atoms with E-state index in [0.29, 0.717) is 42.6 Å². The molecule has 67 heavy (non-hydrogen) atoms. The number of thiol groups is 1. The van der Waals surface area contributed by atoms with Crippen molar-refractivity contribution in [3.63, 3.8) is 0 Å². The number of aromatic nitrogens is 2. The van der Waals surface area contributed by atoms with Crippen molar-refractivity contribution in [2.75, 3.05) is 77.3 Å². The molecule has 0 bridgehead atoms. The number of amides is 1. The molecule has 0 unspecified atom stereocenters. The van der Waals surface area contributed by atoms with Crippen molar-refractivity contribution in [3.05, 3.63) is 144 Å². The predicted octanol–water partition coefficient (Wildman–Crippen LogP) is 7.35. The average Bonchev–Trinajstić information content (AvgIpc) is 3.79. The molecule has 0 saturated carbocycles. The Morgan fingerprint density at radius 3 is 2.21 bits per heavy atom. The SMILES string of the molecule is Cc1cc(S(=O)(=O)Nc2ccc(N3CCN(c4cccc(-c5c(C(=O)NC[SH](=O)=O)ncn5-c5ccc(Cl)cc5)c4)CC3)cc2)ccc1N[C@H](CCN1CCC(O)CC1)CSc1ccccc1. The number of piperazine rings is 1. The van der Waals surface area contributed by atoms with Crippen molar-refractivity contribution < 1.29 is 26.7 Å². The number of carbonyl (C=O) groups excluding carboxylic acids is 1. The number of piperidine rings is 1. The Kier molecular flexibility index (Phi) is 15.8. The highest BCUT2D eigenvalue weighted by molar-refractivity contribution is 7.99. The number of thioether (sulfide) groups is 1. The quantitative estimate of drug-likeness (QED) is 0.0430. The number of nitrogens with zero attached hydrogens (tertiary/aromatic N) is 5. The molecule has 0 aliphatic carbocycles. The van der Waals surface area contributed by atoms with E-state index < -0.39 is 32.5 Å². The van der Waals surface area contributed by atoms with E-state index in [1.807, 2.05) is 79.7 Å². The van der Waals surface area contributed by atoms with Crippen LogP contribution in [0.25, 0.3) is 16.9 Å². The van der Waals surface area contributed by atoms with E-state index in [0.717, 1.165) is 78.5 Å². The van der Waals surface area contributed by atoms with E-state index >= 15 is 0 Å². The summed E-state index contributed by atoms with van der Waals surface area (Å²) in [4.78, 5) is 25.9. The van der Waals surface area contributed by atoms with Gasteiger partial charge in [-0.2, -0.15) is 0 Å². The smallest absolute Gasteiger partial charge is 0.272 e. The predicted molar refractivity (Wildman–Crippen MR) is 270 cm³/mol. The molecule has 3 heterocycles. The second-order valence-corrected chi connectivity index (χ2v) is 21.0. The molecule has 0 radical (unpaired) electrons. The number of anilines is 4. The van der Waals surface area contributed by atoms with Gasteiger partial charge in [0.2, 0.25) is 0 Å². The minimum Gasteiger partial charge on any atom is -0.393 e. The number of hydrogen-bond donors (Lipinski definition) is 5. The summed E-state index contributed by atoms with van der Waals surface area (Å²) in [5.41, 5.74) is 6.22. The minimum absolute atomic E-state index is 0.0981. The fourth-order valence-corrected chi connectivity index (χ4v) is 10.9. The number of nitrogens with one attached hydrogen (secondary N) is 3. The van der Waals surface area contributed by atoms with E-state index in [1.165, 1.54) is 4.90 Å². The molecule has 1 amide bonds. The summed E-state index contributed by atoms with van der Waals surface area (Å²) < 4.78 is 54.5. The Morgan fingerprint density at radius 2 is 1.52 bits per heavy atom. The van der Waals surface area contributed by atoms with Gasteiger partial charge in [0.25, 0.3) is 15.9 Å². The Hall–Kier alpha value is -5.56. The highest BCUT2D eigenvalue weighted by Crippen LogP contribution is 2.32. The van der Waals surface area contributed by atoms with Crippen molar-refractivity contribution in [3.8, 4) is 16.9 Å². The second-order valence-electron chi connectivity index (χ2n) is 16.8. The van der Waals surface area contributed by atoms with E-state index in [1.54, 1.807) is 59.1 Å². The topological polar surface area (TPSA) is 169 Å². The molecule has 8 rings (SSSR count). The van der Waals surface area contributed by atoms with Gasteiger partial charge in [-0.15, -0.1) is 11.8 Å². The van der Waals surface area contributed by atoms with E-state index in [9.17, 15) is 26.7 Å². The number of rotatable bonds is 18. The average molecular weight is 984 g/mol. The number of likely N-dealkylation sites (tertiary alicyclic amines) is 1. The number of benzene rings is 5. The molecule has 4 N–H and O–H groups in total. The van der Waals surface area contributed by atoms with Crippen LogP contribution in [0.15, 0.2) is 137 Å². The zero-order valence-electron chi connectivity index (χ0n) is 37.1. The first kappa shape index (κ1) is 47.9. The monoisotopic (exact) mass is 982 g/mol. The van der Waals surface area contributed by atoms with Crippen molar-refractivity contribution in [1.29, 1.82) is 0 Å². The number of carbonyl (C=O) groups is 1. The molecular weight excluding hydrogens is 928 g/mol. The number of aliphatic hydroxyl groups excluding tert-OH is 1. The molecular formula is C49H55ClN8O6S3. The Bertz CT molecular complexity index is 2810. The van der Waals surface area contributed by atoms with Crippen LogP contribution in [0.1, 0.15) is 35.3 Å². The van der Waals surface area contributed by atoms with E-state index in [2.05, 4.69) is 47.2 Å². The van der Waals surface area contributed by atoms with Gasteiger partial charge in [0, 0.05) is 102 Å². The molecule has 5 aromatic carbocycles. The van der Waals surface area contributed by atoms with Crippen molar-refractivity contribution in [1.82, 2.24) is 19.8 Å². The molecule has 1 aromatic heterocycles. The Labute approximate surface area is 403 Å². The van der Waals surface area contributed by atoms with Gasteiger partial charge in [0.15, 0.2) is 16.4 Å². The maximum Gasteiger partial charge on any atom is 0.272 e. The standard InChI is InChI=1S/C49H55ClN8O6S3/c1-35-30-45(18-19-46(35)53-39(32-65-44-8-3-2-4-9-44)20-23-55-24-21-43(59)22-25-55)67(63,64)54-38-12-16-40(17-13-38)56-26-28-57(29-27-56)42-7-5-6-36(31-42)48-47(49(60)52-34-66(61)62)51-33-58(48)41-14-10-37(50)11-15-41/h2-19,30-31,33,39,43,53-54,59,66H,20-29,32,34H2,1H3,(H,52,60)/t39-/m1/s1. The molecule has 6 aromatic rings. The first-order valence-corrected chi connectivity index (χ1v) is 26.5. The van der Waals surface area contributed by atoms with Crippen LogP contribution in [0.5, 0.6) is 0 Å². The lowest BCUT2D eigenvalue weighted by molar-refractivity contribution is 0.0817. The Balaban J connectivity index is 0.889. The first-order chi connectivity index (χ1) is 32.4. The molecule has 2 aliphatic rings. The molecule has 18 heteroatoms. The summed E-state index contributed by atoms with van der Waals surface area (Å²) in [6.45, 7) is 7.48. The third-order valence-electron chi connectivity index (χ3n) is 12.1. The number of sulfonamides is 1. The normalized spacial score (nSPS) is 15.4. The maximum absolute atomic E-state index is 13.7. The van der Waals surface area contributed by atoms with Crippen LogP contribution in [0.2, 0.25) is 5.02 Å². The van der Waals surface area contributed by atoms with Gasteiger partial charge in [-0.3, -0.25) is 14.1 Å². The second kappa shape index (κ2) is 22.0. The van der Waals surface area contributed by atoms with Crippen LogP contribution in [0.4, 0.5) is 22.7 Å². The van der Waals surface area contributed by atoms with Gasteiger partial charge in [-0.1, -0.05) is 41.9 Å². The molecule has 14 nitrogen and oxygen atoms in total. The number of aliphatic hydroxyl groups is 1. The van der Waals surface area contributed by atoms with Crippen LogP contribution in [-0.2, 0) is 20.7 Å². The number of imidazole rings is 1. The van der Waals surface area contributed by atoms with Crippen molar-refractivity contribution in [2.24, 2.45) is 0 Å². The van der Waals surface area contributed by atoms with Gasteiger partial charge < -0.3 is 30.4 Å². The largest absolute Gasteiger partial charge is 0.393 e. The lowest BCUT2D eigenvalue weighted by atomic mass is 10.1. The highest BCUT2D eigenvalue weighted by Gasteiger charge is 2.24.